The molecule has 0 radical (unpaired) electrons. The van der Waals surface area contributed by atoms with Gasteiger partial charge < -0.3 is 40.5 Å². The summed E-state index contributed by atoms with van der Waals surface area (Å²) in [5, 5.41) is 31.7. The molecule has 11 atom stereocenters. The number of rotatable bonds is 21. The molecule has 0 saturated carbocycles. The highest BCUT2D eigenvalue weighted by Gasteiger charge is 2.43. The van der Waals surface area contributed by atoms with Gasteiger partial charge in [0.2, 0.25) is 17.7 Å². The molecule has 292 valence electrons. The molecule has 1 aliphatic heterocycles. The zero-order valence-electron chi connectivity index (χ0n) is 33.3. The highest BCUT2D eigenvalue weighted by molar-refractivity contribution is 5.90. The van der Waals surface area contributed by atoms with Crippen molar-refractivity contribution >= 4 is 17.7 Å². The maximum absolute atomic E-state index is 14.1. The number of carbonyl (C=O) groups is 3. The summed E-state index contributed by atoms with van der Waals surface area (Å²) < 4.78 is 12.0. The number of likely N-dealkylation sites (N-methyl/N-ethyl adjacent to an activating group) is 2. The number of aliphatic hydroxyl groups excluding tert-OH is 2. The molecule has 1 fully saturated rings. The van der Waals surface area contributed by atoms with Crippen LogP contribution in [0.15, 0.2) is 30.3 Å². The van der Waals surface area contributed by atoms with E-state index in [0.29, 0.717) is 6.54 Å². The Balaban J connectivity index is 2.24. The van der Waals surface area contributed by atoms with Gasteiger partial charge in [-0.25, -0.2) is 0 Å². The molecule has 5 N–H and O–H groups in total. The molecule has 1 aromatic rings. The summed E-state index contributed by atoms with van der Waals surface area (Å²) in [5.41, 5.74) is 0.722. The smallest absolute Gasteiger partial charge is 0.245 e. The Bertz CT molecular complexity index is 1200. The minimum atomic E-state index is -0.924. The molecule has 1 aliphatic rings. The zero-order valence-corrected chi connectivity index (χ0v) is 33.3. The summed E-state index contributed by atoms with van der Waals surface area (Å²) in [4.78, 5) is 44.5. The van der Waals surface area contributed by atoms with Gasteiger partial charge in [0.05, 0.1) is 42.4 Å². The molecule has 1 unspecified atom stereocenters. The monoisotopic (exact) mass is 720 g/mol. The topological polar surface area (TPSA) is 153 Å². The lowest BCUT2D eigenvalue weighted by Gasteiger charge is -2.42. The number of hydrogen-bond acceptors (Lipinski definition) is 9. The first-order valence-electron chi connectivity index (χ1n) is 18.8. The van der Waals surface area contributed by atoms with Crippen LogP contribution in [-0.4, -0.2) is 121 Å². The lowest BCUT2D eigenvalue weighted by Crippen LogP contribution is -2.60. The van der Waals surface area contributed by atoms with E-state index in [2.05, 4.69) is 29.8 Å². The van der Waals surface area contributed by atoms with Crippen LogP contribution >= 0.6 is 0 Å². The fourth-order valence-corrected chi connectivity index (χ4v) is 7.60. The van der Waals surface area contributed by atoms with Crippen LogP contribution < -0.4 is 16.0 Å². The third-order valence-electron chi connectivity index (χ3n) is 10.9. The van der Waals surface area contributed by atoms with E-state index in [1.165, 1.54) is 0 Å². The molecule has 0 aliphatic carbocycles. The predicted octanol–water partition coefficient (Wildman–Crippen LogP) is 3.32. The van der Waals surface area contributed by atoms with Crippen molar-refractivity contribution in [2.45, 2.75) is 136 Å². The number of hydrogen-bond donors (Lipinski definition) is 5. The molecule has 1 heterocycles. The summed E-state index contributed by atoms with van der Waals surface area (Å²) >= 11 is 0. The number of nitrogens with zero attached hydrogens (tertiary/aromatic N) is 2. The van der Waals surface area contributed by atoms with Gasteiger partial charge in [0.15, 0.2) is 0 Å². The van der Waals surface area contributed by atoms with E-state index >= 15 is 0 Å². The van der Waals surface area contributed by atoms with Crippen LogP contribution in [0, 0.1) is 23.7 Å². The van der Waals surface area contributed by atoms with Gasteiger partial charge in [-0.1, -0.05) is 85.2 Å². The molecule has 1 saturated heterocycles. The van der Waals surface area contributed by atoms with Gasteiger partial charge >= 0.3 is 0 Å². The first-order chi connectivity index (χ1) is 24.0. The van der Waals surface area contributed by atoms with Gasteiger partial charge in [0.25, 0.3) is 0 Å². The van der Waals surface area contributed by atoms with Crippen molar-refractivity contribution in [1.29, 1.82) is 0 Å². The molecule has 12 heteroatoms. The number of methoxy groups -OCH3 is 2. The van der Waals surface area contributed by atoms with Gasteiger partial charge in [-0.3, -0.25) is 19.3 Å². The van der Waals surface area contributed by atoms with Gasteiger partial charge in [-0.2, -0.15) is 0 Å². The Kier molecular flexibility index (Phi) is 18.5. The van der Waals surface area contributed by atoms with Crippen molar-refractivity contribution in [2.75, 3.05) is 34.9 Å². The van der Waals surface area contributed by atoms with Gasteiger partial charge in [-0.05, 0) is 50.1 Å². The Labute approximate surface area is 307 Å². The third-order valence-corrected chi connectivity index (χ3v) is 10.9. The van der Waals surface area contributed by atoms with Crippen LogP contribution in [0.1, 0.15) is 92.7 Å². The van der Waals surface area contributed by atoms with Crippen LogP contribution in [-0.2, 0) is 23.9 Å². The zero-order chi connectivity index (χ0) is 38.6. The fraction of sp³-hybridized carbons (Fsp3) is 0.769. The summed E-state index contributed by atoms with van der Waals surface area (Å²) in [6.07, 6.45) is -0.256. The second-order valence-corrected chi connectivity index (χ2v) is 15.1. The molecule has 12 nitrogen and oxygen atoms in total. The fourth-order valence-electron chi connectivity index (χ4n) is 7.60. The van der Waals surface area contributed by atoms with E-state index in [0.717, 1.165) is 24.8 Å². The normalized spacial score (nSPS) is 21.2. The van der Waals surface area contributed by atoms with Crippen LogP contribution in [0.25, 0.3) is 0 Å². The minimum Gasteiger partial charge on any atom is -0.386 e. The average molecular weight is 720 g/mol. The highest BCUT2D eigenvalue weighted by atomic mass is 16.5. The lowest BCUT2D eigenvalue weighted by atomic mass is 9.89. The Morgan fingerprint density at radius 3 is 2.04 bits per heavy atom. The lowest BCUT2D eigenvalue weighted by molar-refractivity contribution is -0.146. The van der Waals surface area contributed by atoms with E-state index in [1.807, 2.05) is 69.9 Å². The van der Waals surface area contributed by atoms with Crippen LogP contribution in [0.5, 0.6) is 0 Å². The summed E-state index contributed by atoms with van der Waals surface area (Å²) in [5.74, 6) is -1.30. The number of carbonyl (C=O) groups excluding carboxylic acids is 3. The van der Waals surface area contributed by atoms with Crippen molar-refractivity contribution in [2.24, 2.45) is 23.7 Å². The molecule has 1 aromatic carbocycles. The number of aliphatic hydroxyl groups is 2. The second kappa shape index (κ2) is 21.2. The van der Waals surface area contributed by atoms with E-state index in [9.17, 15) is 24.6 Å². The molecule has 0 bridgehead atoms. The molecule has 2 rings (SSSR count). The van der Waals surface area contributed by atoms with Crippen LogP contribution in [0.4, 0.5) is 0 Å². The van der Waals surface area contributed by atoms with Crippen molar-refractivity contribution in [3.8, 4) is 0 Å². The number of benzene rings is 1. The largest absolute Gasteiger partial charge is 0.386 e. The molecular formula is C39H69N5O7. The maximum Gasteiger partial charge on any atom is 0.245 e. The molecule has 0 spiro atoms. The van der Waals surface area contributed by atoms with E-state index in [-0.39, 0.29) is 54.0 Å². The predicted molar refractivity (Wildman–Crippen MR) is 201 cm³/mol. The highest BCUT2D eigenvalue weighted by Crippen LogP contribution is 2.31. The van der Waals surface area contributed by atoms with Gasteiger partial charge in [0, 0.05) is 40.3 Å². The van der Waals surface area contributed by atoms with Crippen molar-refractivity contribution in [1.82, 2.24) is 25.8 Å². The summed E-state index contributed by atoms with van der Waals surface area (Å²) in [6, 6.07) is 6.92. The quantitative estimate of drug-likeness (QED) is 0.129. The Hall–Kier alpha value is -2.61. The standard InChI is InChI=1S/C39H69N5O7/c1-13-25(6)34(43(10)39(49)33(24(4)5)42-38(48)32(40-9)23(2)3)30(50-11)22-31(45)44-21-17-20-29(44)36(51-12)26(7)37(47)41-27(8)35(46)28-18-15-14-16-19-28/h14-16,18-19,23-27,29-36,40,45-46H,13,17,20-22H2,1-12H3,(H,41,47)(H,42,48)/t25-,26+,27+,29-,30+,31?,32-,33-,34-,35+,36+/m0/s1. The van der Waals surface area contributed by atoms with E-state index in [1.54, 1.807) is 40.1 Å². The number of amides is 3. The molecule has 51 heavy (non-hydrogen) atoms. The van der Waals surface area contributed by atoms with E-state index < -0.39 is 48.6 Å². The molecule has 3 amide bonds. The first kappa shape index (κ1) is 44.6. The SMILES string of the molecule is CC[C@H](C)[C@@H]([C@@H](CC(O)N1CCC[C@H]1[C@H](OC)[C@@H](C)C(=O)N[C@H](C)[C@@H](O)c1ccccc1)OC)N(C)C(=O)[C@@H](NC(=O)[C@@H](NC)C(C)C)C(C)C. The van der Waals surface area contributed by atoms with Crippen molar-refractivity contribution < 1.29 is 34.1 Å². The molecule has 0 aromatic heterocycles. The van der Waals surface area contributed by atoms with Gasteiger partial charge in [-0.15, -0.1) is 0 Å². The Morgan fingerprint density at radius 1 is 0.922 bits per heavy atom. The molecular weight excluding hydrogens is 650 g/mol. The summed E-state index contributed by atoms with van der Waals surface area (Å²) in [6.45, 7) is 16.1. The summed E-state index contributed by atoms with van der Waals surface area (Å²) in [7, 11) is 6.68. The van der Waals surface area contributed by atoms with E-state index in [4.69, 9.17) is 9.47 Å². The number of likely N-dealkylation sites (tertiary alicyclic amines) is 1. The number of ether oxygens (including phenoxy) is 2. The second-order valence-electron chi connectivity index (χ2n) is 15.1. The Morgan fingerprint density at radius 2 is 1.53 bits per heavy atom. The number of nitrogens with one attached hydrogen (secondary N) is 3. The van der Waals surface area contributed by atoms with Crippen molar-refractivity contribution in [3.63, 3.8) is 0 Å². The van der Waals surface area contributed by atoms with Crippen LogP contribution in [0.2, 0.25) is 0 Å². The first-order valence-corrected chi connectivity index (χ1v) is 18.8. The van der Waals surface area contributed by atoms with Crippen LogP contribution in [0.3, 0.4) is 0 Å². The van der Waals surface area contributed by atoms with Gasteiger partial charge in [0.1, 0.15) is 12.3 Å². The average Bonchev–Trinajstić information content (AvgIpc) is 3.59. The third kappa shape index (κ3) is 11.7. The minimum absolute atomic E-state index is 0.0263. The maximum atomic E-state index is 14.1. The van der Waals surface area contributed by atoms with Crippen molar-refractivity contribution in [3.05, 3.63) is 35.9 Å².